The van der Waals surface area contributed by atoms with E-state index in [4.69, 9.17) is 10.3 Å². The van der Waals surface area contributed by atoms with Crippen molar-refractivity contribution in [1.29, 1.82) is 0 Å². The Bertz CT molecular complexity index is 720. The molecule has 7 nitrogen and oxygen atoms in total. The maximum atomic E-state index is 13.8. The van der Waals surface area contributed by atoms with Gasteiger partial charge in [0.1, 0.15) is 11.9 Å². The monoisotopic (exact) mass is 333 g/mol. The van der Waals surface area contributed by atoms with Gasteiger partial charge in [0.25, 0.3) is 5.91 Å². The molecular formula is C16H20FN5O2. The molecule has 3 rings (SSSR count). The molecule has 2 aromatic rings. The van der Waals surface area contributed by atoms with Crippen LogP contribution in [0.15, 0.2) is 28.9 Å². The van der Waals surface area contributed by atoms with Crippen LogP contribution in [0.5, 0.6) is 0 Å². The number of primary amides is 1. The third-order valence-corrected chi connectivity index (χ3v) is 4.07. The fourth-order valence-electron chi connectivity index (χ4n) is 2.93. The summed E-state index contributed by atoms with van der Waals surface area (Å²) in [5, 5.41) is 7.08. The molecule has 2 aromatic heterocycles. The standard InChI is InChI=1S/C16H20FN5O2/c1-10-4-14(24-21-10)9-22-8-11(17)5-13(22)7-20-12-2-3-19-15(6-12)16(18)23/h2-4,6,11,13H,5,7-9H2,1H3,(H2,18,23)(H,19,20)/t11-,13-/m0/s1. The molecule has 1 saturated heterocycles. The molecule has 0 saturated carbocycles. The lowest BCUT2D eigenvalue weighted by Gasteiger charge is -2.23. The Morgan fingerprint density at radius 2 is 2.38 bits per heavy atom. The van der Waals surface area contributed by atoms with Crippen LogP contribution in [0.2, 0.25) is 0 Å². The van der Waals surface area contributed by atoms with Crippen LogP contribution < -0.4 is 11.1 Å². The van der Waals surface area contributed by atoms with Crippen LogP contribution in [0, 0.1) is 6.92 Å². The first-order valence-corrected chi connectivity index (χ1v) is 7.81. The van der Waals surface area contributed by atoms with Gasteiger partial charge < -0.3 is 15.6 Å². The van der Waals surface area contributed by atoms with E-state index in [1.807, 2.05) is 17.9 Å². The van der Waals surface area contributed by atoms with Crippen molar-refractivity contribution in [3.8, 4) is 0 Å². The minimum absolute atomic E-state index is 0.0237. The van der Waals surface area contributed by atoms with Crippen molar-refractivity contribution in [2.75, 3.05) is 18.4 Å². The van der Waals surface area contributed by atoms with Crippen molar-refractivity contribution < 1.29 is 13.7 Å². The average molecular weight is 333 g/mol. The van der Waals surface area contributed by atoms with E-state index in [0.717, 1.165) is 17.1 Å². The first-order valence-electron chi connectivity index (χ1n) is 7.81. The number of carbonyl (C=O) groups excluding carboxylic acids is 1. The number of rotatable bonds is 6. The van der Waals surface area contributed by atoms with Crippen molar-refractivity contribution >= 4 is 11.6 Å². The molecule has 1 aliphatic heterocycles. The number of aromatic nitrogens is 2. The maximum absolute atomic E-state index is 13.8. The van der Waals surface area contributed by atoms with E-state index in [9.17, 15) is 9.18 Å². The van der Waals surface area contributed by atoms with Gasteiger partial charge in [0, 0.05) is 37.1 Å². The van der Waals surface area contributed by atoms with Crippen LogP contribution in [0.3, 0.4) is 0 Å². The second-order valence-corrected chi connectivity index (χ2v) is 6.03. The number of nitrogens with zero attached hydrogens (tertiary/aromatic N) is 3. The van der Waals surface area contributed by atoms with E-state index in [1.165, 1.54) is 6.20 Å². The van der Waals surface area contributed by atoms with Gasteiger partial charge in [-0.2, -0.15) is 0 Å². The molecule has 3 heterocycles. The van der Waals surface area contributed by atoms with Gasteiger partial charge in [-0.15, -0.1) is 0 Å². The van der Waals surface area contributed by atoms with Crippen LogP contribution in [0.1, 0.15) is 28.4 Å². The molecule has 0 spiro atoms. The third-order valence-electron chi connectivity index (χ3n) is 4.07. The molecule has 0 radical (unpaired) electrons. The Labute approximate surface area is 139 Å². The van der Waals surface area contributed by atoms with Gasteiger partial charge in [-0.05, 0) is 25.5 Å². The van der Waals surface area contributed by atoms with Gasteiger partial charge in [0.05, 0.1) is 12.2 Å². The number of hydrogen-bond donors (Lipinski definition) is 2. The smallest absolute Gasteiger partial charge is 0.267 e. The minimum Gasteiger partial charge on any atom is -0.383 e. The van der Waals surface area contributed by atoms with Gasteiger partial charge in [0.2, 0.25) is 0 Å². The Balaban J connectivity index is 1.62. The van der Waals surface area contributed by atoms with Crippen LogP contribution in [0.4, 0.5) is 10.1 Å². The number of aryl methyl sites for hydroxylation is 1. The molecular weight excluding hydrogens is 313 g/mol. The first-order chi connectivity index (χ1) is 11.5. The zero-order valence-corrected chi connectivity index (χ0v) is 13.4. The highest BCUT2D eigenvalue weighted by Gasteiger charge is 2.32. The highest BCUT2D eigenvalue weighted by atomic mass is 19.1. The summed E-state index contributed by atoms with van der Waals surface area (Å²) in [5.74, 6) is 0.150. The summed E-state index contributed by atoms with van der Waals surface area (Å²) in [6, 6.07) is 5.22. The molecule has 2 atom stereocenters. The largest absolute Gasteiger partial charge is 0.383 e. The lowest BCUT2D eigenvalue weighted by atomic mass is 10.2. The number of amides is 1. The normalized spacial score (nSPS) is 21.1. The van der Waals surface area contributed by atoms with Crippen LogP contribution in [-0.2, 0) is 6.54 Å². The molecule has 1 amide bonds. The summed E-state index contributed by atoms with van der Waals surface area (Å²) in [6.07, 6.45) is 1.11. The second-order valence-electron chi connectivity index (χ2n) is 6.03. The number of hydrogen-bond acceptors (Lipinski definition) is 6. The van der Waals surface area contributed by atoms with E-state index in [1.54, 1.807) is 12.1 Å². The molecule has 0 bridgehead atoms. The zero-order valence-electron chi connectivity index (χ0n) is 13.4. The molecule has 1 fully saturated rings. The van der Waals surface area contributed by atoms with Crippen molar-refractivity contribution in [2.24, 2.45) is 5.73 Å². The zero-order chi connectivity index (χ0) is 17.1. The van der Waals surface area contributed by atoms with E-state index < -0.39 is 12.1 Å². The van der Waals surface area contributed by atoms with E-state index in [0.29, 0.717) is 26.1 Å². The Kier molecular flexibility index (Phi) is 4.75. The lowest BCUT2D eigenvalue weighted by molar-refractivity contribution is 0.0995. The number of nitrogens with one attached hydrogen (secondary N) is 1. The van der Waals surface area contributed by atoms with E-state index in [2.05, 4.69) is 15.5 Å². The number of alkyl halides is 1. The minimum atomic E-state index is -0.862. The summed E-state index contributed by atoms with van der Waals surface area (Å²) in [4.78, 5) is 17.1. The fraction of sp³-hybridized carbons (Fsp3) is 0.438. The maximum Gasteiger partial charge on any atom is 0.267 e. The predicted molar refractivity (Wildman–Crippen MR) is 86.2 cm³/mol. The highest BCUT2D eigenvalue weighted by Crippen LogP contribution is 2.23. The van der Waals surface area contributed by atoms with Gasteiger partial charge >= 0.3 is 0 Å². The second kappa shape index (κ2) is 6.96. The van der Waals surface area contributed by atoms with Gasteiger partial charge in [-0.3, -0.25) is 14.7 Å². The van der Waals surface area contributed by atoms with Crippen molar-refractivity contribution in [3.63, 3.8) is 0 Å². The van der Waals surface area contributed by atoms with Crippen LogP contribution in [0.25, 0.3) is 0 Å². The third kappa shape index (κ3) is 3.88. The molecule has 24 heavy (non-hydrogen) atoms. The number of nitrogens with two attached hydrogens (primary N) is 1. The number of anilines is 1. The predicted octanol–water partition coefficient (Wildman–Crippen LogP) is 1.50. The summed E-state index contributed by atoms with van der Waals surface area (Å²) < 4.78 is 19.1. The summed E-state index contributed by atoms with van der Waals surface area (Å²) in [7, 11) is 0. The molecule has 0 unspecified atom stereocenters. The number of halogens is 1. The van der Waals surface area contributed by atoms with Gasteiger partial charge in [-0.1, -0.05) is 5.16 Å². The molecule has 0 aliphatic carbocycles. The molecule has 0 aromatic carbocycles. The van der Waals surface area contributed by atoms with Crippen molar-refractivity contribution in [3.05, 3.63) is 41.5 Å². The van der Waals surface area contributed by atoms with Gasteiger partial charge in [0.15, 0.2) is 5.76 Å². The topological polar surface area (TPSA) is 97.3 Å². The summed E-state index contributed by atoms with van der Waals surface area (Å²) >= 11 is 0. The quantitative estimate of drug-likeness (QED) is 0.831. The van der Waals surface area contributed by atoms with E-state index in [-0.39, 0.29) is 11.7 Å². The Morgan fingerprint density at radius 1 is 1.54 bits per heavy atom. The van der Waals surface area contributed by atoms with Crippen LogP contribution in [-0.4, -0.2) is 46.3 Å². The number of pyridine rings is 1. The Hall–Kier alpha value is -2.48. The number of carbonyl (C=O) groups is 1. The lowest BCUT2D eigenvalue weighted by Crippen LogP contribution is -2.34. The van der Waals surface area contributed by atoms with Crippen LogP contribution >= 0.6 is 0 Å². The first kappa shape index (κ1) is 16.4. The fourth-order valence-corrected chi connectivity index (χ4v) is 2.93. The van der Waals surface area contributed by atoms with Crippen molar-refractivity contribution in [1.82, 2.24) is 15.0 Å². The average Bonchev–Trinajstić information content (AvgIpc) is 3.11. The molecule has 1 aliphatic rings. The SMILES string of the molecule is Cc1cc(CN2C[C@@H](F)C[C@H]2CNc2ccnc(C(N)=O)c2)on1. The molecule has 8 heteroatoms. The molecule has 128 valence electrons. The van der Waals surface area contributed by atoms with Crippen molar-refractivity contribution in [2.45, 2.75) is 32.1 Å². The highest BCUT2D eigenvalue weighted by molar-refractivity contribution is 5.91. The summed E-state index contributed by atoms with van der Waals surface area (Å²) in [6.45, 7) is 3.30. The van der Waals surface area contributed by atoms with E-state index >= 15 is 0 Å². The number of likely N-dealkylation sites (tertiary alicyclic amines) is 1. The summed E-state index contributed by atoms with van der Waals surface area (Å²) in [5.41, 5.74) is 6.97. The Morgan fingerprint density at radius 3 is 3.08 bits per heavy atom. The van der Waals surface area contributed by atoms with Gasteiger partial charge in [-0.25, -0.2) is 4.39 Å². The molecule has 3 N–H and O–H groups in total.